The minimum absolute atomic E-state index is 0.0524. The Kier molecular flexibility index (Phi) is 4.44. The lowest BCUT2D eigenvalue weighted by atomic mass is 9.99. The number of aryl methyl sites for hydroxylation is 1. The maximum Gasteiger partial charge on any atom is 0.221 e. The van der Waals surface area contributed by atoms with Crippen LogP contribution < -0.4 is 5.32 Å². The van der Waals surface area contributed by atoms with E-state index >= 15 is 0 Å². The summed E-state index contributed by atoms with van der Waals surface area (Å²) in [5.74, 6) is -0.0524. The van der Waals surface area contributed by atoms with Gasteiger partial charge in [-0.2, -0.15) is 5.26 Å². The number of carbonyl (C=O) groups is 1. The molecule has 1 fully saturated rings. The molecular formula is C15H17ClN2O. The summed E-state index contributed by atoms with van der Waals surface area (Å²) in [7, 11) is 0. The van der Waals surface area contributed by atoms with Gasteiger partial charge in [0.15, 0.2) is 0 Å². The van der Waals surface area contributed by atoms with Crippen molar-refractivity contribution in [3.63, 3.8) is 0 Å². The average molecular weight is 277 g/mol. The van der Waals surface area contributed by atoms with Gasteiger partial charge in [-0.05, 0) is 49.8 Å². The van der Waals surface area contributed by atoms with E-state index in [4.69, 9.17) is 11.6 Å². The highest BCUT2D eigenvalue weighted by molar-refractivity contribution is 6.30. The SMILES string of the molecule is N#CC1(NC(=O)CCc2cccc(Cl)c2)CCCC1. The van der Waals surface area contributed by atoms with Gasteiger partial charge in [0.25, 0.3) is 0 Å². The highest BCUT2D eigenvalue weighted by atomic mass is 35.5. The van der Waals surface area contributed by atoms with E-state index in [9.17, 15) is 10.1 Å². The van der Waals surface area contributed by atoms with Crippen molar-refractivity contribution in [2.75, 3.05) is 0 Å². The molecule has 100 valence electrons. The fraction of sp³-hybridized carbons (Fsp3) is 0.467. The zero-order chi connectivity index (χ0) is 13.7. The molecule has 19 heavy (non-hydrogen) atoms. The van der Waals surface area contributed by atoms with E-state index in [-0.39, 0.29) is 5.91 Å². The molecule has 3 nitrogen and oxygen atoms in total. The first-order valence-electron chi connectivity index (χ1n) is 6.60. The van der Waals surface area contributed by atoms with Crippen molar-refractivity contribution in [1.29, 1.82) is 5.26 Å². The minimum Gasteiger partial charge on any atom is -0.338 e. The summed E-state index contributed by atoms with van der Waals surface area (Å²) in [6.07, 6.45) is 4.61. The number of rotatable bonds is 4. The van der Waals surface area contributed by atoms with Crippen LogP contribution in [0.4, 0.5) is 0 Å². The van der Waals surface area contributed by atoms with Crippen molar-refractivity contribution in [3.8, 4) is 6.07 Å². The molecule has 0 unspecified atom stereocenters. The Morgan fingerprint density at radius 2 is 2.16 bits per heavy atom. The highest BCUT2D eigenvalue weighted by Crippen LogP contribution is 2.29. The van der Waals surface area contributed by atoms with Crippen molar-refractivity contribution in [2.45, 2.75) is 44.1 Å². The summed E-state index contributed by atoms with van der Waals surface area (Å²) in [6, 6.07) is 9.77. The quantitative estimate of drug-likeness (QED) is 0.918. The molecule has 0 heterocycles. The number of nitriles is 1. The molecule has 1 saturated carbocycles. The van der Waals surface area contributed by atoms with Gasteiger partial charge in [-0.15, -0.1) is 0 Å². The van der Waals surface area contributed by atoms with Crippen LogP contribution >= 0.6 is 11.6 Å². The first-order valence-corrected chi connectivity index (χ1v) is 6.98. The van der Waals surface area contributed by atoms with Gasteiger partial charge in [0.2, 0.25) is 5.91 Å². The molecule has 0 saturated heterocycles. The summed E-state index contributed by atoms with van der Waals surface area (Å²) < 4.78 is 0. The highest BCUT2D eigenvalue weighted by Gasteiger charge is 2.35. The number of amides is 1. The Hall–Kier alpha value is -1.53. The molecule has 1 amide bonds. The third-order valence-corrected chi connectivity index (χ3v) is 3.81. The van der Waals surface area contributed by atoms with Gasteiger partial charge in [0, 0.05) is 11.4 Å². The smallest absolute Gasteiger partial charge is 0.221 e. The average Bonchev–Trinajstić information content (AvgIpc) is 2.86. The Morgan fingerprint density at radius 3 is 2.79 bits per heavy atom. The van der Waals surface area contributed by atoms with Crippen LogP contribution in [0.2, 0.25) is 5.02 Å². The Labute approximate surface area is 118 Å². The lowest BCUT2D eigenvalue weighted by molar-refractivity contribution is -0.122. The summed E-state index contributed by atoms with van der Waals surface area (Å²) >= 11 is 5.90. The molecule has 1 N–H and O–H groups in total. The van der Waals surface area contributed by atoms with Gasteiger partial charge < -0.3 is 5.32 Å². The largest absolute Gasteiger partial charge is 0.338 e. The number of benzene rings is 1. The summed E-state index contributed by atoms with van der Waals surface area (Å²) in [4.78, 5) is 11.9. The third kappa shape index (κ3) is 3.71. The third-order valence-electron chi connectivity index (χ3n) is 3.58. The Bertz CT molecular complexity index is 501. The van der Waals surface area contributed by atoms with Crippen molar-refractivity contribution in [2.24, 2.45) is 0 Å². The van der Waals surface area contributed by atoms with Crippen molar-refractivity contribution in [1.82, 2.24) is 5.32 Å². The maximum absolute atomic E-state index is 11.9. The summed E-state index contributed by atoms with van der Waals surface area (Å²) in [6.45, 7) is 0. The fourth-order valence-corrected chi connectivity index (χ4v) is 2.74. The first-order chi connectivity index (χ1) is 9.13. The predicted molar refractivity (Wildman–Crippen MR) is 74.7 cm³/mol. The van der Waals surface area contributed by atoms with Crippen LogP contribution in [-0.2, 0) is 11.2 Å². The van der Waals surface area contributed by atoms with Gasteiger partial charge >= 0.3 is 0 Å². The predicted octanol–water partition coefficient (Wildman–Crippen LogP) is 3.23. The number of halogens is 1. The van der Waals surface area contributed by atoms with Crippen molar-refractivity contribution in [3.05, 3.63) is 34.9 Å². The summed E-state index contributed by atoms with van der Waals surface area (Å²) in [5, 5.41) is 12.8. The standard InChI is InChI=1S/C15H17ClN2O/c16-13-5-3-4-12(10-13)6-7-14(19)18-15(11-17)8-1-2-9-15/h3-5,10H,1-2,6-9H2,(H,18,19). The van der Waals surface area contributed by atoms with E-state index in [0.717, 1.165) is 31.2 Å². The molecule has 0 aliphatic heterocycles. The molecule has 0 atom stereocenters. The molecule has 0 spiro atoms. The van der Waals surface area contributed by atoms with Crippen LogP contribution in [0.3, 0.4) is 0 Å². The van der Waals surface area contributed by atoms with E-state index in [1.807, 2.05) is 24.3 Å². The maximum atomic E-state index is 11.9. The van der Waals surface area contributed by atoms with Gasteiger partial charge in [-0.3, -0.25) is 4.79 Å². The zero-order valence-electron chi connectivity index (χ0n) is 10.8. The number of carbonyl (C=O) groups excluding carboxylic acids is 1. The van der Waals surface area contributed by atoms with E-state index in [2.05, 4.69) is 11.4 Å². The molecule has 1 aromatic carbocycles. The Morgan fingerprint density at radius 1 is 1.42 bits per heavy atom. The van der Waals surface area contributed by atoms with E-state index in [0.29, 0.717) is 17.9 Å². The summed E-state index contributed by atoms with van der Waals surface area (Å²) in [5.41, 5.74) is 0.422. The first kappa shape index (κ1) is 13.9. The second-order valence-corrected chi connectivity index (χ2v) is 5.52. The molecule has 0 bridgehead atoms. The van der Waals surface area contributed by atoms with Crippen molar-refractivity contribution < 1.29 is 4.79 Å². The molecular weight excluding hydrogens is 260 g/mol. The van der Waals surface area contributed by atoms with Gasteiger partial charge in [0.05, 0.1) is 6.07 Å². The molecule has 1 aromatic rings. The van der Waals surface area contributed by atoms with Crippen LogP contribution in [0.25, 0.3) is 0 Å². The van der Waals surface area contributed by atoms with Gasteiger partial charge in [-0.1, -0.05) is 23.7 Å². The molecule has 0 radical (unpaired) electrons. The number of nitrogens with one attached hydrogen (secondary N) is 1. The van der Waals surface area contributed by atoms with E-state index < -0.39 is 5.54 Å². The number of nitrogens with zero attached hydrogens (tertiary/aromatic N) is 1. The number of hydrogen-bond donors (Lipinski definition) is 1. The molecule has 0 aromatic heterocycles. The van der Waals surface area contributed by atoms with E-state index in [1.165, 1.54) is 0 Å². The zero-order valence-corrected chi connectivity index (χ0v) is 11.5. The molecule has 4 heteroatoms. The van der Waals surface area contributed by atoms with Crippen LogP contribution in [0.5, 0.6) is 0 Å². The van der Waals surface area contributed by atoms with Crippen LogP contribution in [-0.4, -0.2) is 11.4 Å². The van der Waals surface area contributed by atoms with Gasteiger partial charge in [-0.25, -0.2) is 0 Å². The minimum atomic E-state index is -0.620. The van der Waals surface area contributed by atoms with E-state index in [1.54, 1.807) is 0 Å². The van der Waals surface area contributed by atoms with Crippen LogP contribution in [0.1, 0.15) is 37.7 Å². The van der Waals surface area contributed by atoms with Crippen LogP contribution in [0.15, 0.2) is 24.3 Å². The second kappa shape index (κ2) is 6.08. The topological polar surface area (TPSA) is 52.9 Å². The molecule has 2 rings (SSSR count). The van der Waals surface area contributed by atoms with Gasteiger partial charge in [0.1, 0.15) is 5.54 Å². The van der Waals surface area contributed by atoms with Crippen molar-refractivity contribution >= 4 is 17.5 Å². The number of hydrogen-bond acceptors (Lipinski definition) is 2. The Balaban J connectivity index is 1.87. The van der Waals surface area contributed by atoms with Crippen LogP contribution in [0, 0.1) is 11.3 Å². The second-order valence-electron chi connectivity index (χ2n) is 5.08. The molecule has 1 aliphatic rings. The fourth-order valence-electron chi connectivity index (χ4n) is 2.52. The lowest BCUT2D eigenvalue weighted by Crippen LogP contribution is -2.45. The monoisotopic (exact) mass is 276 g/mol. The molecule has 1 aliphatic carbocycles. The lowest BCUT2D eigenvalue weighted by Gasteiger charge is -2.21. The normalized spacial score (nSPS) is 16.8.